The van der Waals surface area contributed by atoms with Crippen molar-refractivity contribution in [3.8, 4) is 0 Å². The van der Waals surface area contributed by atoms with Crippen molar-refractivity contribution in [3.05, 3.63) is 41.7 Å². The Morgan fingerprint density at radius 1 is 1.13 bits per heavy atom. The first kappa shape index (κ1) is 14.7. The molecule has 122 valence electrons. The highest BCUT2D eigenvalue weighted by molar-refractivity contribution is 5.42. The van der Waals surface area contributed by atoms with E-state index < -0.39 is 0 Å². The highest BCUT2D eigenvalue weighted by Crippen LogP contribution is 2.52. The van der Waals surface area contributed by atoms with Crippen LogP contribution in [0.15, 0.2) is 30.3 Å². The third-order valence-corrected chi connectivity index (χ3v) is 5.51. The maximum absolute atomic E-state index is 9.30. The normalized spacial score (nSPS) is 20.7. The molecule has 1 saturated heterocycles. The fourth-order valence-electron chi connectivity index (χ4n) is 3.85. The van der Waals surface area contributed by atoms with Crippen molar-refractivity contribution in [2.45, 2.75) is 31.1 Å². The Labute approximate surface area is 137 Å². The molecule has 0 unspecified atom stereocenters. The number of rotatable bonds is 4. The van der Waals surface area contributed by atoms with Gasteiger partial charge in [0.1, 0.15) is 5.82 Å². The standard InChI is InChI=1S/C18H24N4O/c1-21-16(18(9-10-18)15-5-3-2-4-6-15)19-20-17(21)22-11-7-14(13-23)8-12-22/h2-6,14,23H,7-13H2,1H3. The first-order chi connectivity index (χ1) is 11.2. The van der Waals surface area contributed by atoms with Crippen molar-refractivity contribution in [1.82, 2.24) is 14.8 Å². The molecule has 5 heteroatoms. The second-order valence-corrected chi connectivity index (χ2v) is 6.94. The van der Waals surface area contributed by atoms with Gasteiger partial charge < -0.3 is 10.0 Å². The van der Waals surface area contributed by atoms with E-state index in [0.29, 0.717) is 12.5 Å². The third kappa shape index (κ3) is 2.43. The van der Waals surface area contributed by atoms with Gasteiger partial charge in [-0.15, -0.1) is 10.2 Å². The predicted octanol–water partition coefficient (Wildman–Crippen LogP) is 2.10. The van der Waals surface area contributed by atoms with Gasteiger partial charge in [-0.3, -0.25) is 4.57 Å². The SMILES string of the molecule is Cn1c(N2CCC(CO)CC2)nnc1C1(c2ccccc2)CC1. The number of aromatic nitrogens is 3. The van der Waals surface area contributed by atoms with E-state index in [0.717, 1.165) is 50.5 Å². The average molecular weight is 312 g/mol. The average Bonchev–Trinajstić information content (AvgIpc) is 3.33. The summed E-state index contributed by atoms with van der Waals surface area (Å²) in [4.78, 5) is 2.31. The van der Waals surface area contributed by atoms with Crippen LogP contribution in [0.5, 0.6) is 0 Å². The summed E-state index contributed by atoms with van der Waals surface area (Å²) in [6.07, 6.45) is 4.36. The minimum Gasteiger partial charge on any atom is -0.396 e. The van der Waals surface area contributed by atoms with Crippen LogP contribution in [-0.2, 0) is 12.5 Å². The molecule has 2 heterocycles. The number of nitrogens with zero attached hydrogens (tertiary/aromatic N) is 4. The van der Waals surface area contributed by atoms with Crippen LogP contribution in [0.3, 0.4) is 0 Å². The van der Waals surface area contributed by atoms with Gasteiger partial charge in [0.05, 0.1) is 5.41 Å². The van der Waals surface area contributed by atoms with Crippen molar-refractivity contribution in [3.63, 3.8) is 0 Å². The number of piperidine rings is 1. The fourth-order valence-corrected chi connectivity index (χ4v) is 3.85. The highest BCUT2D eigenvalue weighted by atomic mass is 16.3. The maximum atomic E-state index is 9.30. The molecule has 2 aromatic rings. The molecule has 1 aliphatic heterocycles. The van der Waals surface area contributed by atoms with Gasteiger partial charge in [-0.05, 0) is 37.2 Å². The third-order valence-electron chi connectivity index (χ3n) is 5.51. The zero-order valence-corrected chi connectivity index (χ0v) is 13.6. The summed E-state index contributed by atoms with van der Waals surface area (Å²) in [6, 6.07) is 10.7. The lowest BCUT2D eigenvalue weighted by molar-refractivity contribution is 0.202. The van der Waals surface area contributed by atoms with Crippen LogP contribution < -0.4 is 4.90 Å². The molecule has 1 saturated carbocycles. The summed E-state index contributed by atoms with van der Waals surface area (Å²) in [5, 5.41) is 18.4. The number of benzene rings is 1. The minimum atomic E-state index is 0.0602. The molecule has 0 bridgehead atoms. The van der Waals surface area contributed by atoms with Gasteiger partial charge >= 0.3 is 0 Å². The lowest BCUT2D eigenvalue weighted by Gasteiger charge is -2.31. The molecule has 0 amide bonds. The van der Waals surface area contributed by atoms with E-state index in [-0.39, 0.29) is 5.41 Å². The van der Waals surface area contributed by atoms with Gasteiger partial charge in [0.25, 0.3) is 0 Å². The minimum absolute atomic E-state index is 0.0602. The Kier molecular flexibility index (Phi) is 3.60. The summed E-state index contributed by atoms with van der Waals surface area (Å²) >= 11 is 0. The van der Waals surface area contributed by atoms with Gasteiger partial charge in [0, 0.05) is 26.7 Å². The molecular formula is C18H24N4O. The van der Waals surface area contributed by atoms with Crippen LogP contribution >= 0.6 is 0 Å². The van der Waals surface area contributed by atoms with E-state index in [1.807, 2.05) is 0 Å². The van der Waals surface area contributed by atoms with Gasteiger partial charge in [-0.25, -0.2) is 0 Å². The highest BCUT2D eigenvalue weighted by Gasteiger charge is 2.50. The van der Waals surface area contributed by atoms with Crippen LogP contribution in [0, 0.1) is 5.92 Å². The lowest BCUT2D eigenvalue weighted by Crippen LogP contribution is -2.36. The predicted molar refractivity (Wildman–Crippen MR) is 89.5 cm³/mol. The molecular weight excluding hydrogens is 288 g/mol. The van der Waals surface area contributed by atoms with Crippen molar-refractivity contribution in [2.75, 3.05) is 24.6 Å². The molecule has 0 spiro atoms. The Bertz CT molecular complexity index is 670. The molecule has 0 radical (unpaired) electrons. The smallest absolute Gasteiger partial charge is 0.226 e. The van der Waals surface area contributed by atoms with Crippen LogP contribution in [0.1, 0.15) is 37.1 Å². The summed E-state index contributed by atoms with van der Waals surface area (Å²) < 4.78 is 2.18. The quantitative estimate of drug-likeness (QED) is 0.939. The van der Waals surface area contributed by atoms with E-state index in [2.05, 4.69) is 57.0 Å². The van der Waals surface area contributed by atoms with E-state index in [9.17, 15) is 5.11 Å². The second kappa shape index (κ2) is 5.64. The van der Waals surface area contributed by atoms with Crippen LogP contribution in [0.2, 0.25) is 0 Å². The zero-order chi connectivity index (χ0) is 15.9. The summed E-state index contributed by atoms with van der Waals surface area (Å²) in [7, 11) is 2.09. The first-order valence-corrected chi connectivity index (χ1v) is 8.56. The van der Waals surface area contributed by atoms with Crippen molar-refractivity contribution in [2.24, 2.45) is 13.0 Å². The molecule has 1 aromatic heterocycles. The number of hydrogen-bond donors (Lipinski definition) is 1. The summed E-state index contributed by atoms with van der Waals surface area (Å²) in [5.41, 5.74) is 1.41. The van der Waals surface area contributed by atoms with Crippen LogP contribution in [-0.4, -0.2) is 39.6 Å². The van der Waals surface area contributed by atoms with E-state index in [1.165, 1.54) is 5.56 Å². The molecule has 2 fully saturated rings. The van der Waals surface area contributed by atoms with E-state index in [4.69, 9.17) is 0 Å². The monoisotopic (exact) mass is 312 g/mol. The number of hydrogen-bond acceptors (Lipinski definition) is 4. The first-order valence-electron chi connectivity index (χ1n) is 8.56. The van der Waals surface area contributed by atoms with Gasteiger partial charge in [-0.1, -0.05) is 30.3 Å². The Hall–Kier alpha value is -1.88. The molecule has 0 atom stereocenters. The molecule has 2 aliphatic rings. The van der Waals surface area contributed by atoms with Crippen molar-refractivity contribution in [1.29, 1.82) is 0 Å². The molecule has 1 aromatic carbocycles. The lowest BCUT2D eigenvalue weighted by atomic mass is 9.95. The summed E-state index contributed by atoms with van der Waals surface area (Å²) in [6.45, 7) is 2.21. The summed E-state index contributed by atoms with van der Waals surface area (Å²) in [5.74, 6) is 2.50. The second-order valence-electron chi connectivity index (χ2n) is 6.94. The van der Waals surface area contributed by atoms with Crippen molar-refractivity contribution < 1.29 is 5.11 Å². The number of aliphatic hydroxyl groups is 1. The topological polar surface area (TPSA) is 54.2 Å². The molecule has 23 heavy (non-hydrogen) atoms. The Balaban J connectivity index is 1.60. The Morgan fingerprint density at radius 2 is 1.83 bits per heavy atom. The maximum Gasteiger partial charge on any atom is 0.226 e. The van der Waals surface area contributed by atoms with Gasteiger partial charge in [0.2, 0.25) is 5.95 Å². The van der Waals surface area contributed by atoms with Crippen molar-refractivity contribution >= 4 is 5.95 Å². The van der Waals surface area contributed by atoms with Gasteiger partial charge in [0.15, 0.2) is 0 Å². The molecule has 5 nitrogen and oxygen atoms in total. The fraction of sp³-hybridized carbons (Fsp3) is 0.556. The Morgan fingerprint density at radius 3 is 2.43 bits per heavy atom. The largest absolute Gasteiger partial charge is 0.396 e. The molecule has 1 aliphatic carbocycles. The van der Waals surface area contributed by atoms with E-state index in [1.54, 1.807) is 0 Å². The van der Waals surface area contributed by atoms with Crippen LogP contribution in [0.4, 0.5) is 5.95 Å². The molecule has 1 N–H and O–H groups in total. The number of aliphatic hydroxyl groups excluding tert-OH is 1. The van der Waals surface area contributed by atoms with Crippen LogP contribution in [0.25, 0.3) is 0 Å². The zero-order valence-electron chi connectivity index (χ0n) is 13.6. The number of anilines is 1. The molecule has 4 rings (SSSR count). The van der Waals surface area contributed by atoms with Gasteiger partial charge in [-0.2, -0.15) is 0 Å². The van der Waals surface area contributed by atoms with E-state index >= 15 is 0 Å².